The van der Waals surface area contributed by atoms with Crippen molar-refractivity contribution in [1.82, 2.24) is 0 Å². The van der Waals surface area contributed by atoms with Gasteiger partial charge in [0.1, 0.15) is 6.61 Å². The molecule has 1 aliphatic carbocycles. The standard InChI is InChI=1S/C19H18BrClO3/c20-15-5-3-13(4-6-15)18(23)24-12-19(11-22)9-1-2-14-10-16(21)7-8-17(14)19/h3-8,10,22H,1-2,9,11-12H2. The molecular formula is C19H18BrClO3. The van der Waals surface area contributed by atoms with Crippen molar-refractivity contribution < 1.29 is 14.6 Å². The minimum atomic E-state index is -0.552. The third kappa shape index (κ3) is 3.51. The number of hydrogen-bond donors (Lipinski definition) is 1. The molecule has 0 aromatic heterocycles. The highest BCUT2D eigenvalue weighted by Crippen LogP contribution is 2.38. The maximum atomic E-state index is 12.3. The molecule has 3 nitrogen and oxygen atoms in total. The van der Waals surface area contributed by atoms with Crippen molar-refractivity contribution >= 4 is 33.5 Å². The van der Waals surface area contributed by atoms with E-state index in [0.29, 0.717) is 10.6 Å². The molecular weight excluding hydrogens is 392 g/mol. The quantitative estimate of drug-likeness (QED) is 0.755. The first-order valence-corrected chi connectivity index (χ1v) is 9.04. The summed E-state index contributed by atoms with van der Waals surface area (Å²) >= 11 is 9.43. The highest BCUT2D eigenvalue weighted by atomic mass is 79.9. The van der Waals surface area contributed by atoms with Crippen molar-refractivity contribution in [3.8, 4) is 0 Å². The summed E-state index contributed by atoms with van der Waals surface area (Å²) in [5, 5.41) is 10.7. The molecule has 5 heteroatoms. The summed E-state index contributed by atoms with van der Waals surface area (Å²) < 4.78 is 6.45. The van der Waals surface area contributed by atoms with Gasteiger partial charge in [-0.2, -0.15) is 0 Å². The van der Waals surface area contributed by atoms with Gasteiger partial charge in [-0.15, -0.1) is 0 Å². The molecule has 0 heterocycles. The molecule has 1 aliphatic rings. The van der Waals surface area contributed by atoms with E-state index in [4.69, 9.17) is 16.3 Å². The van der Waals surface area contributed by atoms with Gasteiger partial charge in [-0.05, 0) is 66.8 Å². The van der Waals surface area contributed by atoms with Crippen LogP contribution in [0.5, 0.6) is 0 Å². The van der Waals surface area contributed by atoms with Gasteiger partial charge in [0.25, 0.3) is 0 Å². The van der Waals surface area contributed by atoms with Crippen molar-refractivity contribution in [2.75, 3.05) is 13.2 Å². The summed E-state index contributed by atoms with van der Waals surface area (Å²) in [5.41, 5.74) is 2.11. The molecule has 1 N–H and O–H groups in total. The molecule has 2 aromatic carbocycles. The van der Waals surface area contributed by atoms with Gasteiger partial charge in [-0.3, -0.25) is 0 Å². The molecule has 3 rings (SSSR count). The van der Waals surface area contributed by atoms with Gasteiger partial charge in [0.15, 0.2) is 0 Å². The Morgan fingerprint density at radius 2 is 2.00 bits per heavy atom. The second kappa shape index (κ2) is 7.26. The van der Waals surface area contributed by atoms with E-state index in [1.54, 1.807) is 24.3 Å². The molecule has 0 saturated heterocycles. The van der Waals surface area contributed by atoms with Gasteiger partial charge >= 0.3 is 5.97 Å². The van der Waals surface area contributed by atoms with E-state index in [1.165, 1.54) is 0 Å². The summed E-state index contributed by atoms with van der Waals surface area (Å²) in [5.74, 6) is -0.378. The van der Waals surface area contributed by atoms with Crippen molar-refractivity contribution in [3.05, 3.63) is 68.7 Å². The average Bonchev–Trinajstić information content (AvgIpc) is 2.59. The van der Waals surface area contributed by atoms with Crippen LogP contribution in [-0.4, -0.2) is 24.3 Å². The van der Waals surface area contributed by atoms with Gasteiger partial charge in [-0.25, -0.2) is 4.79 Å². The van der Waals surface area contributed by atoms with Crippen molar-refractivity contribution in [3.63, 3.8) is 0 Å². The number of carbonyl (C=O) groups excluding carboxylic acids is 1. The van der Waals surface area contributed by atoms with E-state index in [9.17, 15) is 9.90 Å². The maximum Gasteiger partial charge on any atom is 0.338 e. The largest absolute Gasteiger partial charge is 0.461 e. The van der Waals surface area contributed by atoms with E-state index in [-0.39, 0.29) is 19.2 Å². The maximum absolute atomic E-state index is 12.3. The fourth-order valence-corrected chi connectivity index (χ4v) is 3.73. The molecule has 0 spiro atoms. The van der Waals surface area contributed by atoms with Crippen LogP contribution in [-0.2, 0) is 16.6 Å². The van der Waals surface area contributed by atoms with E-state index in [2.05, 4.69) is 15.9 Å². The third-order valence-corrected chi connectivity index (χ3v) is 5.37. The number of esters is 1. The Balaban J connectivity index is 1.80. The summed E-state index contributed by atoms with van der Waals surface area (Å²) in [7, 11) is 0. The Bertz CT molecular complexity index is 745. The number of fused-ring (bicyclic) bond motifs is 1. The Labute approximate surface area is 154 Å². The zero-order chi connectivity index (χ0) is 17.2. The van der Waals surface area contributed by atoms with E-state index >= 15 is 0 Å². The number of halogens is 2. The first-order chi connectivity index (χ1) is 11.5. The molecule has 0 radical (unpaired) electrons. The zero-order valence-corrected chi connectivity index (χ0v) is 15.4. The van der Waals surface area contributed by atoms with Gasteiger partial charge in [0.2, 0.25) is 0 Å². The second-order valence-electron chi connectivity index (χ2n) is 6.18. The fraction of sp³-hybridized carbons (Fsp3) is 0.316. The van der Waals surface area contributed by atoms with Crippen molar-refractivity contribution in [2.45, 2.75) is 24.7 Å². The summed E-state index contributed by atoms with van der Waals surface area (Å²) in [6.45, 7) is 0.0995. The van der Waals surface area contributed by atoms with E-state index < -0.39 is 5.41 Å². The number of aliphatic hydroxyl groups is 1. The van der Waals surface area contributed by atoms with Gasteiger partial charge in [0, 0.05) is 9.50 Å². The molecule has 2 aromatic rings. The van der Waals surface area contributed by atoms with E-state index in [1.807, 2.05) is 18.2 Å². The molecule has 0 fully saturated rings. The number of carbonyl (C=O) groups is 1. The predicted molar refractivity (Wildman–Crippen MR) is 97.6 cm³/mol. The second-order valence-corrected chi connectivity index (χ2v) is 7.53. The molecule has 1 unspecified atom stereocenters. The highest BCUT2D eigenvalue weighted by Gasteiger charge is 2.37. The molecule has 0 aliphatic heterocycles. The van der Waals surface area contributed by atoms with Crippen LogP contribution in [0.3, 0.4) is 0 Å². The summed E-state index contributed by atoms with van der Waals surface area (Å²) in [6.07, 6.45) is 2.65. The van der Waals surface area contributed by atoms with Crippen LogP contribution in [0.25, 0.3) is 0 Å². The summed E-state index contributed by atoms with van der Waals surface area (Å²) in [4.78, 5) is 12.3. The zero-order valence-electron chi connectivity index (χ0n) is 13.1. The van der Waals surface area contributed by atoms with Gasteiger partial charge < -0.3 is 9.84 Å². The highest BCUT2D eigenvalue weighted by molar-refractivity contribution is 9.10. The SMILES string of the molecule is O=C(OCC1(CO)CCCc2cc(Cl)ccc21)c1ccc(Br)cc1. The van der Waals surface area contributed by atoms with E-state index in [0.717, 1.165) is 34.9 Å². The monoisotopic (exact) mass is 408 g/mol. The normalized spacial score (nSPS) is 19.6. The number of aryl methyl sites for hydroxylation is 1. The summed E-state index contributed by atoms with van der Waals surface area (Å²) in [6, 6.07) is 12.7. The average molecular weight is 410 g/mol. The minimum Gasteiger partial charge on any atom is -0.461 e. The first-order valence-electron chi connectivity index (χ1n) is 7.86. The number of aliphatic hydroxyl groups excluding tert-OH is 1. The van der Waals surface area contributed by atoms with Crippen LogP contribution >= 0.6 is 27.5 Å². The van der Waals surface area contributed by atoms with Crippen LogP contribution in [0.2, 0.25) is 5.02 Å². The Kier molecular flexibility index (Phi) is 5.28. The minimum absolute atomic E-state index is 0.0603. The van der Waals surface area contributed by atoms with Crippen LogP contribution in [0.4, 0.5) is 0 Å². The van der Waals surface area contributed by atoms with Gasteiger partial charge in [-0.1, -0.05) is 33.6 Å². The Morgan fingerprint density at radius 3 is 2.71 bits per heavy atom. The lowest BCUT2D eigenvalue weighted by molar-refractivity contribution is 0.0284. The number of ether oxygens (including phenoxy) is 1. The van der Waals surface area contributed by atoms with Crippen LogP contribution in [0.1, 0.15) is 34.3 Å². The molecule has 0 amide bonds. The molecule has 0 bridgehead atoms. The lowest BCUT2D eigenvalue weighted by Gasteiger charge is -2.37. The fourth-order valence-electron chi connectivity index (χ4n) is 3.27. The third-order valence-electron chi connectivity index (χ3n) is 4.60. The predicted octanol–water partition coefficient (Wildman–Crippen LogP) is 4.53. The van der Waals surface area contributed by atoms with Crippen LogP contribution < -0.4 is 0 Å². The number of hydrogen-bond acceptors (Lipinski definition) is 3. The Hall–Kier alpha value is -1.36. The van der Waals surface area contributed by atoms with Crippen LogP contribution in [0.15, 0.2) is 46.9 Å². The first kappa shape index (κ1) is 17.5. The van der Waals surface area contributed by atoms with Crippen molar-refractivity contribution in [1.29, 1.82) is 0 Å². The number of benzene rings is 2. The molecule has 24 heavy (non-hydrogen) atoms. The lowest BCUT2D eigenvalue weighted by Crippen LogP contribution is -2.40. The number of rotatable bonds is 4. The molecule has 0 saturated carbocycles. The lowest BCUT2D eigenvalue weighted by atomic mass is 9.71. The topological polar surface area (TPSA) is 46.5 Å². The van der Waals surface area contributed by atoms with Gasteiger partial charge in [0.05, 0.1) is 17.6 Å². The van der Waals surface area contributed by atoms with Crippen LogP contribution in [0, 0.1) is 0 Å². The smallest absolute Gasteiger partial charge is 0.338 e. The van der Waals surface area contributed by atoms with Crippen molar-refractivity contribution in [2.24, 2.45) is 0 Å². The molecule has 1 atom stereocenters. The Morgan fingerprint density at radius 1 is 1.25 bits per heavy atom. The molecule has 126 valence electrons.